The Kier molecular flexibility index (Phi) is 17.5. The van der Waals surface area contributed by atoms with Crippen molar-refractivity contribution in [3.8, 4) is 0 Å². The first kappa shape index (κ1) is 32.0. The van der Waals surface area contributed by atoms with Gasteiger partial charge in [-0.15, -0.1) is 0 Å². The third kappa shape index (κ3) is 13.7. The topological polar surface area (TPSA) is 63.6 Å². The highest BCUT2D eigenvalue weighted by Crippen LogP contribution is 2.42. The van der Waals surface area contributed by atoms with Gasteiger partial charge in [-0.25, -0.2) is 0 Å². The number of carboxylic acids is 1. The van der Waals surface area contributed by atoms with E-state index in [9.17, 15) is 14.7 Å². The molecule has 1 saturated carbocycles. The summed E-state index contributed by atoms with van der Waals surface area (Å²) in [5.41, 5.74) is -0.881. The minimum atomic E-state index is -0.881. The van der Waals surface area contributed by atoms with E-state index in [0.717, 1.165) is 32.1 Å². The molecule has 35 heavy (non-hydrogen) atoms. The number of carbonyl (C=O) groups is 2. The Hall–Kier alpha value is -1.06. The zero-order valence-corrected chi connectivity index (χ0v) is 23.8. The van der Waals surface area contributed by atoms with Crippen molar-refractivity contribution in [2.24, 2.45) is 17.3 Å². The minimum absolute atomic E-state index is 0.0855. The second-order valence-corrected chi connectivity index (χ2v) is 11.9. The Morgan fingerprint density at radius 1 is 0.829 bits per heavy atom. The summed E-state index contributed by atoms with van der Waals surface area (Å²) in [5.74, 6) is -1.30. The highest BCUT2D eigenvalue weighted by molar-refractivity contribution is 5.84. The van der Waals surface area contributed by atoms with E-state index in [1.807, 2.05) is 6.92 Å². The number of aliphatic carboxylic acids is 1. The molecule has 4 heteroatoms. The van der Waals surface area contributed by atoms with E-state index in [0.29, 0.717) is 18.8 Å². The maximum atomic E-state index is 13.1. The maximum Gasteiger partial charge on any atom is 0.312 e. The van der Waals surface area contributed by atoms with Crippen molar-refractivity contribution in [2.45, 2.75) is 169 Å². The molecule has 3 atom stereocenters. The van der Waals surface area contributed by atoms with Gasteiger partial charge in [-0.1, -0.05) is 124 Å². The van der Waals surface area contributed by atoms with Crippen LogP contribution >= 0.6 is 0 Å². The fourth-order valence-corrected chi connectivity index (χ4v) is 5.75. The Morgan fingerprint density at radius 3 is 1.77 bits per heavy atom. The van der Waals surface area contributed by atoms with E-state index in [1.165, 1.54) is 89.9 Å². The molecule has 1 N–H and O–H groups in total. The molecule has 1 aliphatic rings. The van der Waals surface area contributed by atoms with Gasteiger partial charge in [0.05, 0.1) is 11.3 Å². The van der Waals surface area contributed by atoms with Gasteiger partial charge in [-0.05, 0) is 44.9 Å². The number of hydrogen-bond acceptors (Lipinski definition) is 3. The molecule has 0 aromatic heterocycles. The van der Waals surface area contributed by atoms with E-state index >= 15 is 0 Å². The number of carbonyl (C=O) groups excluding carboxylic acids is 1. The van der Waals surface area contributed by atoms with Gasteiger partial charge in [0.25, 0.3) is 0 Å². The average molecular weight is 495 g/mol. The van der Waals surface area contributed by atoms with Crippen LogP contribution in [0.5, 0.6) is 0 Å². The second kappa shape index (κ2) is 19.1. The van der Waals surface area contributed by atoms with Gasteiger partial charge >= 0.3 is 11.9 Å². The van der Waals surface area contributed by atoms with Crippen molar-refractivity contribution in [3.05, 3.63) is 0 Å². The highest BCUT2D eigenvalue weighted by Gasteiger charge is 2.48. The van der Waals surface area contributed by atoms with Crippen LogP contribution < -0.4 is 0 Å². The van der Waals surface area contributed by atoms with Crippen LogP contribution in [0.15, 0.2) is 0 Å². The molecule has 4 nitrogen and oxygen atoms in total. The summed E-state index contributed by atoms with van der Waals surface area (Å²) in [4.78, 5) is 24.9. The largest absolute Gasteiger partial charge is 0.481 e. The van der Waals surface area contributed by atoms with E-state index in [2.05, 4.69) is 20.8 Å². The van der Waals surface area contributed by atoms with Crippen LogP contribution in [-0.2, 0) is 14.3 Å². The first-order valence-electron chi connectivity index (χ1n) is 15.2. The van der Waals surface area contributed by atoms with Crippen LogP contribution in [0.3, 0.4) is 0 Å². The molecular weight excluding hydrogens is 436 g/mol. The Bertz CT molecular complexity index is 558. The van der Waals surface area contributed by atoms with Crippen LogP contribution in [0.25, 0.3) is 0 Å². The second-order valence-electron chi connectivity index (χ2n) is 11.9. The molecule has 0 heterocycles. The van der Waals surface area contributed by atoms with Crippen LogP contribution in [0.1, 0.15) is 163 Å². The first-order valence-corrected chi connectivity index (χ1v) is 15.2. The van der Waals surface area contributed by atoms with Gasteiger partial charge < -0.3 is 9.84 Å². The average Bonchev–Trinajstić information content (AvgIpc) is 2.81. The molecule has 0 bridgehead atoms. The SMILES string of the molecule is CCCCCCCCCCCCCCCCCC(CC(C)C)OC(=O)C1(C)CCCCC1C(=O)O. The van der Waals surface area contributed by atoms with Crippen molar-refractivity contribution >= 4 is 11.9 Å². The lowest BCUT2D eigenvalue weighted by molar-refractivity contribution is -0.174. The number of esters is 1. The van der Waals surface area contributed by atoms with Crippen LogP contribution in [0.2, 0.25) is 0 Å². The summed E-state index contributed by atoms with van der Waals surface area (Å²) in [5, 5.41) is 9.65. The number of unbranched alkanes of at least 4 members (excludes halogenated alkanes) is 14. The van der Waals surface area contributed by atoms with Gasteiger partial charge in [-0.2, -0.15) is 0 Å². The molecule has 0 aromatic rings. The van der Waals surface area contributed by atoms with Crippen molar-refractivity contribution in [2.75, 3.05) is 0 Å². The monoisotopic (exact) mass is 494 g/mol. The fourth-order valence-electron chi connectivity index (χ4n) is 5.75. The molecule has 0 amide bonds. The third-order valence-electron chi connectivity index (χ3n) is 8.11. The van der Waals surface area contributed by atoms with Crippen molar-refractivity contribution in [1.29, 1.82) is 0 Å². The summed E-state index contributed by atoms with van der Waals surface area (Å²) in [7, 11) is 0. The molecule has 1 rings (SSSR count). The molecule has 1 fully saturated rings. The molecular formula is C31H58O4. The Labute approximate surface area is 217 Å². The zero-order valence-electron chi connectivity index (χ0n) is 23.8. The number of hydrogen-bond donors (Lipinski definition) is 1. The smallest absolute Gasteiger partial charge is 0.312 e. The van der Waals surface area contributed by atoms with Gasteiger partial charge in [0.2, 0.25) is 0 Å². The molecule has 0 spiro atoms. The fraction of sp³-hybridized carbons (Fsp3) is 0.935. The normalized spacial score (nSPS) is 21.2. The first-order chi connectivity index (χ1) is 16.8. The minimum Gasteiger partial charge on any atom is -0.481 e. The summed E-state index contributed by atoms with van der Waals surface area (Å²) >= 11 is 0. The molecule has 0 saturated heterocycles. The lowest BCUT2D eigenvalue weighted by Crippen LogP contribution is -2.44. The summed E-state index contributed by atoms with van der Waals surface area (Å²) in [6.07, 6.45) is 24.8. The quantitative estimate of drug-likeness (QED) is 0.127. The number of carboxylic acid groups (broad SMARTS) is 1. The predicted octanol–water partition coefficient (Wildman–Crippen LogP) is 9.49. The molecule has 0 aliphatic heterocycles. The zero-order chi connectivity index (χ0) is 25.9. The summed E-state index contributed by atoms with van der Waals surface area (Å²) < 4.78 is 6.00. The molecule has 3 unspecified atom stereocenters. The van der Waals surface area contributed by atoms with Crippen molar-refractivity contribution < 1.29 is 19.4 Å². The molecule has 206 valence electrons. The maximum absolute atomic E-state index is 13.1. The molecule has 1 aliphatic carbocycles. The highest BCUT2D eigenvalue weighted by atomic mass is 16.5. The van der Waals surface area contributed by atoms with Crippen molar-refractivity contribution in [3.63, 3.8) is 0 Å². The predicted molar refractivity (Wildman–Crippen MR) is 147 cm³/mol. The standard InChI is InChI=1S/C31H58O4/c1-5-6-7-8-9-10-11-12-13-14-15-16-17-18-19-22-27(25-26(2)3)35-30(34)31(4)24-21-20-23-28(31)29(32)33/h26-28H,5-25H2,1-4H3,(H,32,33). The van der Waals surface area contributed by atoms with Gasteiger partial charge in [0.15, 0.2) is 0 Å². The Balaban J connectivity index is 2.19. The lowest BCUT2D eigenvalue weighted by Gasteiger charge is -2.38. The van der Waals surface area contributed by atoms with Gasteiger partial charge in [-0.3, -0.25) is 9.59 Å². The summed E-state index contributed by atoms with van der Waals surface area (Å²) in [6.45, 7) is 8.41. The van der Waals surface area contributed by atoms with E-state index in [1.54, 1.807) is 0 Å². The summed E-state index contributed by atoms with van der Waals surface area (Å²) in [6, 6.07) is 0. The molecule has 0 aromatic carbocycles. The van der Waals surface area contributed by atoms with E-state index < -0.39 is 17.3 Å². The van der Waals surface area contributed by atoms with E-state index in [-0.39, 0.29) is 12.1 Å². The number of ether oxygens (including phenoxy) is 1. The Morgan fingerprint density at radius 2 is 1.31 bits per heavy atom. The third-order valence-corrected chi connectivity index (χ3v) is 8.11. The van der Waals surface area contributed by atoms with Crippen LogP contribution in [-0.4, -0.2) is 23.1 Å². The van der Waals surface area contributed by atoms with Crippen LogP contribution in [0, 0.1) is 17.3 Å². The van der Waals surface area contributed by atoms with Gasteiger partial charge in [0.1, 0.15) is 6.10 Å². The number of rotatable bonds is 21. The van der Waals surface area contributed by atoms with Gasteiger partial charge in [0, 0.05) is 0 Å². The van der Waals surface area contributed by atoms with Crippen LogP contribution in [0.4, 0.5) is 0 Å². The van der Waals surface area contributed by atoms with Crippen molar-refractivity contribution in [1.82, 2.24) is 0 Å². The lowest BCUT2D eigenvalue weighted by atomic mass is 9.67. The van der Waals surface area contributed by atoms with E-state index in [4.69, 9.17) is 4.74 Å². The molecule has 0 radical (unpaired) electrons.